The van der Waals surface area contributed by atoms with Gasteiger partial charge in [0.1, 0.15) is 18.8 Å². The van der Waals surface area contributed by atoms with E-state index in [2.05, 4.69) is 26.8 Å². The van der Waals surface area contributed by atoms with E-state index < -0.39 is 17.7 Å². The third kappa shape index (κ3) is 5.70. The van der Waals surface area contributed by atoms with Crippen LogP contribution >= 0.6 is 0 Å². The van der Waals surface area contributed by atoms with Gasteiger partial charge in [-0.3, -0.25) is 9.78 Å². The molecule has 4 heterocycles. The lowest BCUT2D eigenvalue weighted by atomic mass is 9.90. The number of cyclic esters (lactones) is 1. The minimum Gasteiger partial charge on any atom is -0.448 e. The summed E-state index contributed by atoms with van der Waals surface area (Å²) >= 11 is 0. The Morgan fingerprint density at radius 1 is 1.27 bits per heavy atom. The first-order valence-electron chi connectivity index (χ1n) is 13.4. The Kier molecular flexibility index (Phi) is 7.58. The van der Waals surface area contributed by atoms with Crippen molar-refractivity contribution in [1.29, 1.82) is 5.26 Å². The first-order valence-corrected chi connectivity index (χ1v) is 13.4. The number of rotatable bonds is 8. The average molecular weight is 550 g/mol. The molecule has 0 spiro atoms. The van der Waals surface area contributed by atoms with E-state index in [0.717, 1.165) is 31.2 Å². The van der Waals surface area contributed by atoms with Crippen LogP contribution in [0.25, 0.3) is 16.9 Å². The highest BCUT2D eigenvalue weighted by Crippen LogP contribution is 2.30. The lowest BCUT2D eigenvalue weighted by Gasteiger charge is -2.34. The summed E-state index contributed by atoms with van der Waals surface area (Å²) in [5, 5.41) is 29.5. The fourth-order valence-electron chi connectivity index (χ4n) is 5.17. The molecule has 12 heteroatoms. The van der Waals surface area contributed by atoms with Gasteiger partial charge in [0.15, 0.2) is 0 Å². The fourth-order valence-corrected chi connectivity index (χ4v) is 5.17. The zero-order valence-corrected chi connectivity index (χ0v) is 22.4. The molecule has 1 atom stereocenters. The quantitative estimate of drug-likeness (QED) is 0.388. The predicted molar refractivity (Wildman–Crippen MR) is 144 cm³/mol. The number of nitrogens with zero attached hydrogens (tertiary/aromatic N) is 5. The highest BCUT2D eigenvalue weighted by atomic mass is 19.1. The van der Waals surface area contributed by atoms with Crippen LogP contribution in [0.4, 0.5) is 14.9 Å². The van der Waals surface area contributed by atoms with Gasteiger partial charge in [0, 0.05) is 18.3 Å². The Bertz CT molecular complexity index is 1450. The monoisotopic (exact) mass is 549 g/mol. The number of aromatic nitrogens is 3. The molecule has 0 aromatic carbocycles. The maximum Gasteiger partial charge on any atom is 0.410 e. The molecule has 2 aliphatic rings. The second-order valence-electron chi connectivity index (χ2n) is 10.8. The number of hydrogen-bond acceptors (Lipinski definition) is 8. The molecule has 1 aliphatic carbocycles. The minimum absolute atomic E-state index is 0.0438. The van der Waals surface area contributed by atoms with Crippen molar-refractivity contribution in [2.45, 2.75) is 63.4 Å². The number of anilines is 1. The molecule has 3 aromatic rings. The van der Waals surface area contributed by atoms with E-state index >= 15 is 0 Å². The van der Waals surface area contributed by atoms with E-state index in [0.29, 0.717) is 35.8 Å². The van der Waals surface area contributed by atoms with Gasteiger partial charge in [0.2, 0.25) is 0 Å². The van der Waals surface area contributed by atoms with Crippen molar-refractivity contribution in [1.82, 2.24) is 24.8 Å². The molecule has 1 unspecified atom stereocenters. The number of ether oxygens (including phenoxy) is 1. The molecule has 2 amide bonds. The average Bonchev–Trinajstić information content (AvgIpc) is 3.57. The van der Waals surface area contributed by atoms with Gasteiger partial charge in [-0.2, -0.15) is 10.4 Å². The van der Waals surface area contributed by atoms with Crippen LogP contribution < -0.4 is 10.6 Å². The van der Waals surface area contributed by atoms with E-state index in [1.54, 1.807) is 21.5 Å². The summed E-state index contributed by atoms with van der Waals surface area (Å²) in [5.41, 5.74) is 1.60. The van der Waals surface area contributed by atoms with Crippen LogP contribution in [0.5, 0.6) is 0 Å². The van der Waals surface area contributed by atoms with Gasteiger partial charge >= 0.3 is 6.09 Å². The van der Waals surface area contributed by atoms with Crippen molar-refractivity contribution in [2.75, 3.05) is 25.0 Å². The number of fused-ring (bicyclic) bond motifs is 1. The second-order valence-corrected chi connectivity index (χ2v) is 10.8. The van der Waals surface area contributed by atoms with E-state index in [4.69, 9.17) is 4.74 Å². The zero-order chi connectivity index (χ0) is 28.4. The molecule has 1 saturated heterocycles. The van der Waals surface area contributed by atoms with Crippen LogP contribution in [0.15, 0.2) is 36.7 Å². The lowest BCUT2D eigenvalue weighted by Crippen LogP contribution is -2.42. The van der Waals surface area contributed by atoms with E-state index in [1.165, 1.54) is 26.2 Å². The largest absolute Gasteiger partial charge is 0.448 e. The minimum atomic E-state index is -1.65. The third-order valence-corrected chi connectivity index (χ3v) is 7.54. The first kappa shape index (κ1) is 27.3. The molecule has 5 rings (SSSR count). The number of halogens is 1. The first-order chi connectivity index (χ1) is 19.1. The van der Waals surface area contributed by atoms with Crippen molar-refractivity contribution < 1.29 is 23.8 Å². The smallest absolute Gasteiger partial charge is 0.410 e. The number of amides is 2. The Morgan fingerprint density at radius 2 is 2.05 bits per heavy atom. The van der Waals surface area contributed by atoms with Gasteiger partial charge in [-0.1, -0.05) is 0 Å². The molecule has 2 fully saturated rings. The second kappa shape index (κ2) is 11.1. The van der Waals surface area contributed by atoms with E-state index in [-0.39, 0.29) is 30.3 Å². The number of nitrogens with one attached hydrogen (secondary N) is 2. The lowest BCUT2D eigenvalue weighted by molar-refractivity contribution is -0.00177. The van der Waals surface area contributed by atoms with Crippen molar-refractivity contribution in [3.05, 3.63) is 47.8 Å². The Balaban J connectivity index is 1.39. The molecule has 3 aromatic heterocycles. The molecule has 0 bridgehead atoms. The molecule has 1 saturated carbocycles. The van der Waals surface area contributed by atoms with Gasteiger partial charge < -0.3 is 25.4 Å². The van der Waals surface area contributed by atoms with Crippen LogP contribution in [-0.2, 0) is 4.74 Å². The number of carbonyl (C=O) groups is 2. The molecule has 40 heavy (non-hydrogen) atoms. The molecule has 1 aliphatic heterocycles. The Hall–Kier alpha value is -4.24. The SMILES string of the molecule is CC(C)(O)C(F)CNC(=O)c1cnc(-c2ccc3cc(C#N)cnn23)cc1NC1CCC(N2CCOC2=O)CC1. The summed E-state index contributed by atoms with van der Waals surface area (Å²) < 4.78 is 21.1. The molecule has 11 nitrogen and oxygen atoms in total. The zero-order valence-electron chi connectivity index (χ0n) is 22.4. The van der Waals surface area contributed by atoms with Crippen LogP contribution in [0.3, 0.4) is 0 Å². The van der Waals surface area contributed by atoms with Crippen molar-refractivity contribution in [3.8, 4) is 17.5 Å². The van der Waals surface area contributed by atoms with Gasteiger partial charge in [-0.25, -0.2) is 13.7 Å². The van der Waals surface area contributed by atoms with E-state index in [9.17, 15) is 24.3 Å². The summed E-state index contributed by atoms with van der Waals surface area (Å²) in [6, 6.07) is 9.42. The highest BCUT2D eigenvalue weighted by Gasteiger charge is 2.33. The summed E-state index contributed by atoms with van der Waals surface area (Å²) in [5.74, 6) is -0.515. The van der Waals surface area contributed by atoms with Crippen LogP contribution in [-0.4, -0.2) is 80.2 Å². The number of carbonyl (C=O) groups excluding carboxylic acids is 2. The summed E-state index contributed by atoms with van der Waals surface area (Å²) in [4.78, 5) is 31.4. The molecular weight excluding hydrogens is 517 g/mol. The van der Waals surface area contributed by atoms with Crippen molar-refractivity contribution in [2.24, 2.45) is 0 Å². The Morgan fingerprint density at radius 3 is 2.73 bits per heavy atom. The molecule has 0 radical (unpaired) electrons. The predicted octanol–water partition coefficient (Wildman–Crippen LogP) is 3.28. The highest BCUT2D eigenvalue weighted by molar-refractivity contribution is 6.00. The molecule has 210 valence electrons. The summed E-state index contributed by atoms with van der Waals surface area (Å²) in [7, 11) is 0. The molecule has 3 N–H and O–H groups in total. The van der Waals surface area contributed by atoms with Crippen molar-refractivity contribution >= 4 is 23.2 Å². The number of pyridine rings is 1. The van der Waals surface area contributed by atoms with E-state index in [1.807, 2.05) is 12.1 Å². The van der Waals surface area contributed by atoms with Gasteiger partial charge in [-0.05, 0) is 63.8 Å². The van der Waals surface area contributed by atoms with Crippen LogP contribution in [0.1, 0.15) is 55.5 Å². The maximum absolute atomic E-state index is 14.3. The van der Waals surface area contributed by atoms with Gasteiger partial charge in [0.05, 0.1) is 58.6 Å². The normalized spacial score (nSPS) is 20.2. The third-order valence-electron chi connectivity index (χ3n) is 7.54. The van der Waals surface area contributed by atoms with Crippen molar-refractivity contribution in [3.63, 3.8) is 0 Å². The number of hydrogen-bond donors (Lipinski definition) is 3. The number of alkyl halides is 1. The maximum atomic E-state index is 14.3. The topological polar surface area (TPSA) is 145 Å². The van der Waals surface area contributed by atoms with Gasteiger partial charge in [0.25, 0.3) is 5.91 Å². The molecular formula is C28H32FN7O4. The Labute approximate surface area is 230 Å². The summed E-state index contributed by atoms with van der Waals surface area (Å²) in [6.45, 7) is 3.37. The number of nitriles is 1. The fraction of sp³-hybridized carbons (Fsp3) is 0.464. The summed E-state index contributed by atoms with van der Waals surface area (Å²) in [6.07, 6.45) is 4.17. The van der Waals surface area contributed by atoms with Crippen LogP contribution in [0, 0.1) is 11.3 Å². The van der Waals surface area contributed by atoms with Crippen LogP contribution in [0.2, 0.25) is 0 Å². The van der Waals surface area contributed by atoms with Gasteiger partial charge in [-0.15, -0.1) is 0 Å². The standard InChI is InChI=1S/C28H32FN7O4/c1-28(2,39)25(29)16-32-26(37)21-15-31-23(24-8-7-20-11-17(13-30)14-33-36(20)24)12-22(21)34-18-3-5-19(6-4-18)35-9-10-40-27(35)38/h7-8,11-12,14-15,18-19,25,39H,3-6,9-10,16H2,1-2H3,(H,31,34)(H,32,37). The number of aliphatic hydroxyl groups is 1.